The van der Waals surface area contributed by atoms with Crippen molar-refractivity contribution in [2.75, 3.05) is 19.8 Å². The highest BCUT2D eigenvalue weighted by Gasteiger charge is 2.26. The van der Waals surface area contributed by atoms with Gasteiger partial charge in [0.1, 0.15) is 0 Å². The summed E-state index contributed by atoms with van der Waals surface area (Å²) in [5, 5.41) is 0. The van der Waals surface area contributed by atoms with Gasteiger partial charge in [-0.2, -0.15) is 0 Å². The molecule has 90 valence electrons. The largest absolute Gasteiger partial charge is 0.380 e. The highest BCUT2D eigenvalue weighted by atomic mass is 16.5. The molecule has 1 heterocycles. The van der Waals surface area contributed by atoms with E-state index in [-0.39, 0.29) is 0 Å². The number of aromatic nitrogens is 1. The molecule has 2 rings (SSSR count). The molecule has 0 aromatic carbocycles. The summed E-state index contributed by atoms with van der Waals surface area (Å²) in [7, 11) is 0. The van der Waals surface area contributed by atoms with Crippen LogP contribution in [0.4, 0.5) is 0 Å². The van der Waals surface area contributed by atoms with Crippen molar-refractivity contribution in [3.05, 3.63) is 23.0 Å². The van der Waals surface area contributed by atoms with Crippen LogP contribution in [-0.4, -0.2) is 24.3 Å². The van der Waals surface area contributed by atoms with Crippen LogP contribution in [0, 0.1) is 13.8 Å². The molecule has 1 aromatic heterocycles. The molecule has 1 aliphatic carbocycles. The van der Waals surface area contributed by atoms with E-state index in [0.29, 0.717) is 13.2 Å². The first kappa shape index (κ1) is 11.7. The third kappa shape index (κ3) is 2.47. The fourth-order valence-electron chi connectivity index (χ4n) is 2.36. The van der Waals surface area contributed by atoms with Gasteiger partial charge in [-0.25, -0.2) is 0 Å². The third-order valence-electron chi connectivity index (χ3n) is 3.28. The summed E-state index contributed by atoms with van der Waals surface area (Å²) < 4.78 is 7.92. The van der Waals surface area contributed by atoms with Gasteiger partial charge in [0.05, 0.1) is 13.2 Å². The van der Waals surface area contributed by atoms with Crippen LogP contribution in [0.25, 0.3) is 0 Å². The lowest BCUT2D eigenvalue weighted by molar-refractivity contribution is 0.144. The number of nitrogens with zero attached hydrogens (tertiary/aromatic N) is 1. The third-order valence-corrected chi connectivity index (χ3v) is 3.28. The maximum absolute atomic E-state index is 5.43. The number of hydrogen-bond donors (Lipinski definition) is 1. The normalized spacial score (nSPS) is 15.7. The minimum atomic E-state index is 0.612. The Balaban J connectivity index is 1.96. The first-order chi connectivity index (χ1) is 7.74. The summed E-state index contributed by atoms with van der Waals surface area (Å²) >= 11 is 0. The molecule has 3 nitrogen and oxygen atoms in total. The number of hydrogen-bond acceptors (Lipinski definition) is 2. The van der Waals surface area contributed by atoms with Crippen LogP contribution in [0.5, 0.6) is 0 Å². The average molecular weight is 222 g/mol. The highest BCUT2D eigenvalue weighted by molar-refractivity contribution is 5.28. The van der Waals surface area contributed by atoms with Gasteiger partial charge in [-0.3, -0.25) is 0 Å². The van der Waals surface area contributed by atoms with Gasteiger partial charge in [-0.1, -0.05) is 0 Å². The lowest BCUT2D eigenvalue weighted by Crippen LogP contribution is -2.10. The van der Waals surface area contributed by atoms with Crippen LogP contribution in [0.15, 0.2) is 6.07 Å². The number of ether oxygens (including phenoxy) is 1. The first-order valence-electron chi connectivity index (χ1n) is 6.19. The van der Waals surface area contributed by atoms with Gasteiger partial charge in [0.2, 0.25) is 0 Å². The predicted molar refractivity (Wildman–Crippen MR) is 65.8 cm³/mol. The molecule has 1 aliphatic rings. The van der Waals surface area contributed by atoms with Crippen molar-refractivity contribution in [1.29, 1.82) is 0 Å². The molecule has 1 fully saturated rings. The maximum atomic E-state index is 5.43. The predicted octanol–water partition coefficient (Wildman–Crippen LogP) is 1.96. The van der Waals surface area contributed by atoms with Gasteiger partial charge in [0.25, 0.3) is 0 Å². The Kier molecular flexibility index (Phi) is 3.66. The topological polar surface area (TPSA) is 40.2 Å². The molecule has 0 bridgehead atoms. The van der Waals surface area contributed by atoms with Gasteiger partial charge < -0.3 is 15.0 Å². The summed E-state index contributed by atoms with van der Waals surface area (Å²) in [5.41, 5.74) is 9.64. The molecule has 16 heavy (non-hydrogen) atoms. The molecular weight excluding hydrogens is 200 g/mol. The second-order valence-electron chi connectivity index (χ2n) is 4.65. The van der Waals surface area contributed by atoms with E-state index in [1.807, 2.05) is 0 Å². The zero-order chi connectivity index (χ0) is 11.5. The summed E-state index contributed by atoms with van der Waals surface area (Å²) in [6.45, 7) is 6.49. The lowest BCUT2D eigenvalue weighted by atomic mass is 10.2. The standard InChI is InChI=1S/C13H22N2O/c1-10-9-12(5-7-16-8-6-14)11(2)15(10)13-3-4-13/h9,13H,3-8,14H2,1-2H3. The van der Waals surface area contributed by atoms with Crippen molar-refractivity contribution in [1.82, 2.24) is 4.57 Å². The fourth-order valence-corrected chi connectivity index (χ4v) is 2.36. The van der Waals surface area contributed by atoms with Crippen LogP contribution in [-0.2, 0) is 11.2 Å². The molecule has 0 atom stereocenters. The van der Waals surface area contributed by atoms with E-state index >= 15 is 0 Å². The van der Waals surface area contributed by atoms with Crippen molar-refractivity contribution in [2.24, 2.45) is 5.73 Å². The molecule has 0 spiro atoms. The zero-order valence-electron chi connectivity index (χ0n) is 10.3. The quantitative estimate of drug-likeness (QED) is 0.747. The smallest absolute Gasteiger partial charge is 0.0588 e. The van der Waals surface area contributed by atoms with E-state index in [2.05, 4.69) is 24.5 Å². The Morgan fingerprint density at radius 3 is 2.75 bits per heavy atom. The molecule has 0 radical (unpaired) electrons. The molecule has 1 saturated carbocycles. The van der Waals surface area contributed by atoms with Gasteiger partial charge in [0, 0.05) is 24.0 Å². The van der Waals surface area contributed by atoms with Crippen LogP contribution < -0.4 is 5.73 Å². The summed E-state index contributed by atoms with van der Waals surface area (Å²) in [6, 6.07) is 3.08. The van der Waals surface area contributed by atoms with Crippen molar-refractivity contribution in [3.8, 4) is 0 Å². The second-order valence-corrected chi connectivity index (χ2v) is 4.65. The first-order valence-corrected chi connectivity index (χ1v) is 6.19. The summed E-state index contributed by atoms with van der Waals surface area (Å²) in [6.07, 6.45) is 3.70. The van der Waals surface area contributed by atoms with Crippen molar-refractivity contribution in [2.45, 2.75) is 39.2 Å². The lowest BCUT2D eigenvalue weighted by Gasteiger charge is -2.08. The Morgan fingerprint density at radius 2 is 2.12 bits per heavy atom. The van der Waals surface area contributed by atoms with E-state index in [1.165, 1.54) is 29.8 Å². The fraction of sp³-hybridized carbons (Fsp3) is 0.692. The molecule has 0 amide bonds. The highest BCUT2D eigenvalue weighted by Crippen LogP contribution is 2.38. The maximum Gasteiger partial charge on any atom is 0.0588 e. The van der Waals surface area contributed by atoms with E-state index in [1.54, 1.807) is 0 Å². The Hall–Kier alpha value is -0.800. The monoisotopic (exact) mass is 222 g/mol. The molecule has 0 unspecified atom stereocenters. The number of nitrogens with two attached hydrogens (primary N) is 1. The molecule has 0 saturated heterocycles. The van der Waals surface area contributed by atoms with E-state index in [0.717, 1.165) is 19.1 Å². The zero-order valence-corrected chi connectivity index (χ0v) is 10.3. The second kappa shape index (κ2) is 5.02. The number of aryl methyl sites for hydroxylation is 1. The molecule has 1 aromatic rings. The minimum absolute atomic E-state index is 0.612. The molecule has 0 aliphatic heterocycles. The molecule has 2 N–H and O–H groups in total. The SMILES string of the molecule is Cc1cc(CCOCCN)c(C)n1C1CC1. The Labute approximate surface area is 97.6 Å². The summed E-state index contributed by atoms with van der Waals surface area (Å²) in [5.74, 6) is 0. The minimum Gasteiger partial charge on any atom is -0.380 e. The van der Waals surface area contributed by atoms with Crippen LogP contribution >= 0.6 is 0 Å². The molecular formula is C13H22N2O. The van der Waals surface area contributed by atoms with Crippen LogP contribution in [0.1, 0.15) is 35.8 Å². The summed E-state index contributed by atoms with van der Waals surface area (Å²) in [4.78, 5) is 0. The van der Waals surface area contributed by atoms with Crippen LogP contribution in [0.2, 0.25) is 0 Å². The van der Waals surface area contributed by atoms with Gasteiger partial charge in [0.15, 0.2) is 0 Å². The van der Waals surface area contributed by atoms with Gasteiger partial charge >= 0.3 is 0 Å². The molecule has 3 heteroatoms. The van der Waals surface area contributed by atoms with E-state index in [9.17, 15) is 0 Å². The van der Waals surface area contributed by atoms with Crippen molar-refractivity contribution < 1.29 is 4.74 Å². The Bertz CT molecular complexity index is 353. The Morgan fingerprint density at radius 1 is 1.38 bits per heavy atom. The van der Waals surface area contributed by atoms with E-state index in [4.69, 9.17) is 10.5 Å². The van der Waals surface area contributed by atoms with Crippen molar-refractivity contribution >= 4 is 0 Å². The van der Waals surface area contributed by atoms with Crippen molar-refractivity contribution in [3.63, 3.8) is 0 Å². The average Bonchev–Trinajstić information content (AvgIpc) is 3.03. The van der Waals surface area contributed by atoms with Gasteiger partial charge in [-0.05, 0) is 44.7 Å². The van der Waals surface area contributed by atoms with Gasteiger partial charge in [-0.15, -0.1) is 0 Å². The number of rotatable bonds is 6. The van der Waals surface area contributed by atoms with E-state index < -0.39 is 0 Å². The van der Waals surface area contributed by atoms with Crippen LogP contribution in [0.3, 0.4) is 0 Å².